The van der Waals surface area contributed by atoms with Crippen molar-refractivity contribution in [3.8, 4) is 0 Å². The molecule has 1 heterocycles. The number of carboxylic acid groups (broad SMARTS) is 1. The van der Waals surface area contributed by atoms with Crippen molar-refractivity contribution in [3.05, 3.63) is 0 Å². The van der Waals surface area contributed by atoms with Crippen molar-refractivity contribution >= 4 is 11.8 Å². The lowest BCUT2D eigenvalue weighted by Gasteiger charge is -2.31. The maximum absolute atomic E-state index is 11.8. The molecule has 4 heteroatoms. The van der Waals surface area contributed by atoms with Crippen molar-refractivity contribution in [2.45, 2.75) is 39.5 Å². The summed E-state index contributed by atoms with van der Waals surface area (Å²) in [6, 6.07) is 0. The zero-order chi connectivity index (χ0) is 12.2. The fraction of sp³-hybridized carbons (Fsp3) is 0.833. The fourth-order valence-electron chi connectivity index (χ4n) is 2.04. The summed E-state index contributed by atoms with van der Waals surface area (Å²) in [7, 11) is 0. The number of ether oxygens (including phenoxy) is 1. The highest BCUT2D eigenvalue weighted by atomic mass is 16.5. The van der Waals surface area contributed by atoms with Gasteiger partial charge in [-0.2, -0.15) is 0 Å². The van der Waals surface area contributed by atoms with Gasteiger partial charge in [-0.3, -0.25) is 9.59 Å². The van der Waals surface area contributed by atoms with E-state index in [4.69, 9.17) is 4.74 Å². The third kappa shape index (κ3) is 2.82. The summed E-state index contributed by atoms with van der Waals surface area (Å²) in [5.74, 6) is -0.665. The van der Waals surface area contributed by atoms with Crippen molar-refractivity contribution in [1.29, 1.82) is 0 Å². The Morgan fingerprint density at radius 1 is 1.56 bits per heavy atom. The van der Waals surface area contributed by atoms with E-state index in [9.17, 15) is 14.7 Å². The first-order valence-electron chi connectivity index (χ1n) is 5.83. The Balaban J connectivity index is 2.64. The molecular weight excluding hydrogens is 208 g/mol. The molecular formula is C12H20O4. The van der Waals surface area contributed by atoms with E-state index in [1.165, 1.54) is 0 Å². The molecule has 0 aromatic carbocycles. The highest BCUT2D eigenvalue weighted by Crippen LogP contribution is 2.32. The van der Waals surface area contributed by atoms with E-state index in [1.54, 1.807) is 0 Å². The van der Waals surface area contributed by atoms with Gasteiger partial charge in [0.25, 0.3) is 0 Å². The Labute approximate surface area is 96.0 Å². The van der Waals surface area contributed by atoms with Gasteiger partial charge in [-0.05, 0) is 12.3 Å². The molecule has 1 rings (SSSR count). The van der Waals surface area contributed by atoms with Crippen LogP contribution < -0.4 is 0 Å². The van der Waals surface area contributed by atoms with Gasteiger partial charge in [0, 0.05) is 6.42 Å². The lowest BCUT2D eigenvalue weighted by Crippen LogP contribution is -2.47. The van der Waals surface area contributed by atoms with Crippen molar-refractivity contribution in [1.82, 2.24) is 0 Å². The maximum atomic E-state index is 11.8. The molecule has 1 atom stereocenters. The van der Waals surface area contributed by atoms with Crippen molar-refractivity contribution in [3.63, 3.8) is 0 Å². The van der Waals surface area contributed by atoms with Crippen LogP contribution >= 0.6 is 0 Å². The Kier molecular flexibility index (Phi) is 4.47. The molecule has 1 unspecified atom stereocenters. The van der Waals surface area contributed by atoms with Crippen molar-refractivity contribution in [2.75, 3.05) is 13.2 Å². The molecule has 1 fully saturated rings. The van der Waals surface area contributed by atoms with E-state index in [-0.39, 0.29) is 18.8 Å². The third-order valence-electron chi connectivity index (χ3n) is 3.15. The van der Waals surface area contributed by atoms with Gasteiger partial charge < -0.3 is 9.84 Å². The molecule has 4 nitrogen and oxygen atoms in total. The van der Waals surface area contributed by atoms with E-state index in [0.717, 1.165) is 12.8 Å². The predicted octanol–water partition coefficient (Wildman–Crippen LogP) is 1.87. The number of rotatable bonds is 5. The van der Waals surface area contributed by atoms with E-state index in [1.807, 2.05) is 0 Å². The molecule has 0 bridgehead atoms. The van der Waals surface area contributed by atoms with Gasteiger partial charge in [-0.15, -0.1) is 0 Å². The summed E-state index contributed by atoms with van der Waals surface area (Å²) in [4.78, 5) is 23.0. The van der Waals surface area contributed by atoms with E-state index in [0.29, 0.717) is 18.9 Å². The number of hydrogen-bond acceptors (Lipinski definition) is 3. The molecule has 0 aliphatic carbocycles. The van der Waals surface area contributed by atoms with Gasteiger partial charge in [0.2, 0.25) is 0 Å². The quantitative estimate of drug-likeness (QED) is 0.730. The largest absolute Gasteiger partial charge is 0.480 e. The van der Waals surface area contributed by atoms with E-state index in [2.05, 4.69) is 13.8 Å². The Morgan fingerprint density at radius 2 is 2.25 bits per heavy atom. The first kappa shape index (κ1) is 13.2. The highest BCUT2D eigenvalue weighted by Gasteiger charge is 2.47. The van der Waals surface area contributed by atoms with Crippen molar-refractivity contribution < 1.29 is 19.4 Å². The van der Waals surface area contributed by atoms with Crippen LogP contribution in [0.3, 0.4) is 0 Å². The minimum Gasteiger partial charge on any atom is -0.480 e. The first-order chi connectivity index (χ1) is 7.49. The van der Waals surface area contributed by atoms with Gasteiger partial charge in [0.15, 0.2) is 5.78 Å². The number of Topliss-reactive ketones (excluding diaryl/α,β-unsaturated/α-hetero) is 1. The summed E-state index contributed by atoms with van der Waals surface area (Å²) in [5, 5.41) is 9.22. The summed E-state index contributed by atoms with van der Waals surface area (Å²) >= 11 is 0. The molecule has 0 spiro atoms. The van der Waals surface area contributed by atoms with Crippen LogP contribution in [0, 0.1) is 11.3 Å². The Morgan fingerprint density at radius 3 is 2.75 bits per heavy atom. The van der Waals surface area contributed by atoms with Crippen LogP contribution in [0.2, 0.25) is 0 Å². The van der Waals surface area contributed by atoms with Crippen LogP contribution in [0.25, 0.3) is 0 Å². The zero-order valence-electron chi connectivity index (χ0n) is 9.99. The van der Waals surface area contributed by atoms with E-state index < -0.39 is 11.4 Å². The molecule has 0 aromatic rings. The van der Waals surface area contributed by atoms with Gasteiger partial charge in [0.05, 0.1) is 13.2 Å². The molecule has 92 valence electrons. The molecule has 0 radical (unpaired) electrons. The first-order valence-corrected chi connectivity index (χ1v) is 5.83. The number of carboxylic acids is 1. The van der Waals surface area contributed by atoms with Gasteiger partial charge in [0.1, 0.15) is 5.41 Å². The smallest absolute Gasteiger partial charge is 0.319 e. The summed E-state index contributed by atoms with van der Waals surface area (Å²) < 4.78 is 5.17. The van der Waals surface area contributed by atoms with Crippen LogP contribution in [-0.2, 0) is 14.3 Å². The predicted molar refractivity (Wildman–Crippen MR) is 59.2 cm³/mol. The normalized spacial score (nSPS) is 26.1. The van der Waals surface area contributed by atoms with Crippen LogP contribution in [-0.4, -0.2) is 30.1 Å². The fourth-order valence-corrected chi connectivity index (χ4v) is 2.04. The lowest BCUT2D eigenvalue weighted by molar-refractivity contribution is -0.165. The summed E-state index contributed by atoms with van der Waals surface area (Å²) in [6.45, 7) is 4.58. The molecule has 1 N–H and O–H groups in total. The number of ketones is 1. The van der Waals surface area contributed by atoms with Crippen molar-refractivity contribution in [2.24, 2.45) is 11.3 Å². The van der Waals surface area contributed by atoms with Crippen LogP contribution in [0.5, 0.6) is 0 Å². The molecule has 16 heavy (non-hydrogen) atoms. The lowest BCUT2D eigenvalue weighted by atomic mass is 9.76. The monoisotopic (exact) mass is 228 g/mol. The van der Waals surface area contributed by atoms with Gasteiger partial charge in [-0.25, -0.2) is 0 Å². The topological polar surface area (TPSA) is 63.6 Å². The second kappa shape index (κ2) is 5.43. The molecule has 1 aliphatic heterocycles. The molecule has 0 amide bonds. The minimum absolute atomic E-state index is 0.0409. The zero-order valence-corrected chi connectivity index (χ0v) is 9.99. The maximum Gasteiger partial charge on any atom is 0.319 e. The number of carbonyl (C=O) groups excluding carboxylic acids is 1. The average Bonchev–Trinajstić information content (AvgIpc) is 2.20. The van der Waals surface area contributed by atoms with Crippen LogP contribution in [0.15, 0.2) is 0 Å². The van der Waals surface area contributed by atoms with Crippen LogP contribution in [0.1, 0.15) is 39.5 Å². The SMILES string of the molecule is CC(C)CCCC1(C(=O)O)COCCC1=O. The number of aliphatic carboxylic acids is 1. The molecule has 1 aliphatic rings. The molecule has 1 saturated heterocycles. The summed E-state index contributed by atoms with van der Waals surface area (Å²) in [6.07, 6.45) is 2.34. The highest BCUT2D eigenvalue weighted by molar-refractivity contribution is 6.03. The Hall–Kier alpha value is -0.900. The molecule has 0 saturated carbocycles. The van der Waals surface area contributed by atoms with E-state index >= 15 is 0 Å². The number of hydrogen-bond donors (Lipinski definition) is 1. The van der Waals surface area contributed by atoms with Gasteiger partial charge in [-0.1, -0.05) is 26.7 Å². The standard InChI is InChI=1S/C12H20O4/c1-9(2)4-3-6-12(11(14)15)8-16-7-5-10(12)13/h9H,3-8H2,1-2H3,(H,14,15). The minimum atomic E-state index is -1.27. The molecule has 0 aromatic heterocycles. The Bertz CT molecular complexity index is 272. The second-order valence-electron chi connectivity index (χ2n) is 4.90. The number of carbonyl (C=O) groups is 2. The third-order valence-corrected chi connectivity index (χ3v) is 3.15. The summed E-state index contributed by atoms with van der Waals surface area (Å²) in [5.41, 5.74) is -1.27. The second-order valence-corrected chi connectivity index (χ2v) is 4.90. The van der Waals surface area contributed by atoms with Gasteiger partial charge >= 0.3 is 5.97 Å². The van der Waals surface area contributed by atoms with Crippen LogP contribution in [0.4, 0.5) is 0 Å². The average molecular weight is 228 g/mol.